The van der Waals surface area contributed by atoms with Gasteiger partial charge in [0.2, 0.25) is 0 Å². The summed E-state index contributed by atoms with van der Waals surface area (Å²) in [5.41, 5.74) is 0. The first-order chi connectivity index (χ1) is 39.0. The molecule has 0 rings (SSSR count). The number of phosphoric ester groups is 1. The molecule has 9 nitrogen and oxygen atoms in total. The molecule has 0 N–H and O–H groups in total. The summed E-state index contributed by atoms with van der Waals surface area (Å²) in [6.07, 6.45) is 82.7. The van der Waals surface area contributed by atoms with Crippen LogP contribution in [0.1, 0.15) is 296 Å². The zero-order valence-corrected chi connectivity index (χ0v) is 53.7. The van der Waals surface area contributed by atoms with E-state index in [0.717, 1.165) is 57.8 Å². The minimum atomic E-state index is -4.66. The Morgan fingerprint density at radius 3 is 1.11 bits per heavy atom. The van der Waals surface area contributed by atoms with Crippen LogP contribution in [0, 0.1) is 0 Å². The molecule has 2 atom stereocenters. The first-order valence-corrected chi connectivity index (χ1v) is 34.8. The maximum atomic E-state index is 12.8. The van der Waals surface area contributed by atoms with Crippen LogP contribution in [0.4, 0.5) is 0 Å². The molecule has 0 aliphatic heterocycles. The molecule has 10 heteroatoms. The molecule has 0 aromatic rings. The number of carbonyl (C=O) groups is 2. The lowest BCUT2D eigenvalue weighted by Crippen LogP contribution is -2.37. The van der Waals surface area contributed by atoms with Crippen LogP contribution < -0.4 is 4.89 Å². The van der Waals surface area contributed by atoms with Gasteiger partial charge < -0.3 is 27.9 Å². The summed E-state index contributed by atoms with van der Waals surface area (Å²) >= 11 is 0. The maximum Gasteiger partial charge on any atom is 0.306 e. The average Bonchev–Trinajstić information content (AvgIpc) is 3.42. The third-order valence-electron chi connectivity index (χ3n) is 14.4. The minimum absolute atomic E-state index is 0.0469. The Labute approximate surface area is 494 Å². The lowest BCUT2D eigenvalue weighted by atomic mass is 10.0. The van der Waals surface area contributed by atoms with E-state index in [1.54, 1.807) is 0 Å². The summed E-state index contributed by atoms with van der Waals surface area (Å²) in [6.45, 7) is 4.06. The molecule has 0 aromatic carbocycles. The van der Waals surface area contributed by atoms with Crippen molar-refractivity contribution in [2.45, 2.75) is 302 Å². The van der Waals surface area contributed by atoms with Gasteiger partial charge in [0.1, 0.15) is 19.8 Å². The molecule has 0 saturated carbocycles. The smallest absolute Gasteiger partial charge is 0.306 e. The second-order valence-corrected chi connectivity index (χ2v) is 24.9. The Hall–Kier alpha value is -2.81. The van der Waals surface area contributed by atoms with Gasteiger partial charge in [0.15, 0.2) is 6.10 Å². The van der Waals surface area contributed by atoms with E-state index >= 15 is 0 Å². The number of nitrogens with zero attached hydrogens (tertiary/aromatic N) is 1. The first-order valence-electron chi connectivity index (χ1n) is 33.3. The van der Waals surface area contributed by atoms with Crippen LogP contribution >= 0.6 is 7.82 Å². The van der Waals surface area contributed by atoms with Gasteiger partial charge in [-0.05, 0) is 77.0 Å². The molecule has 0 saturated heterocycles. The molecule has 80 heavy (non-hydrogen) atoms. The summed E-state index contributed by atoms with van der Waals surface area (Å²) < 4.78 is 34.1. The number of likely N-dealkylation sites (N-methyl/N-ethyl adjacent to an activating group) is 1. The predicted molar refractivity (Wildman–Crippen MR) is 342 cm³/mol. The topological polar surface area (TPSA) is 111 Å². The maximum absolute atomic E-state index is 12.8. The summed E-state index contributed by atoms with van der Waals surface area (Å²) in [7, 11) is 1.12. The number of hydrogen-bond acceptors (Lipinski definition) is 8. The van der Waals surface area contributed by atoms with Crippen LogP contribution in [0.3, 0.4) is 0 Å². The Morgan fingerprint density at radius 1 is 0.400 bits per heavy atom. The molecule has 0 amide bonds. The first kappa shape index (κ1) is 77.2. The largest absolute Gasteiger partial charge is 0.756 e. The van der Waals surface area contributed by atoms with E-state index in [1.165, 1.54) is 205 Å². The predicted octanol–water partition coefficient (Wildman–Crippen LogP) is 20.7. The monoisotopic (exact) mass is 1140 g/mol. The third-order valence-corrected chi connectivity index (χ3v) is 15.4. The standard InChI is InChI=1S/C70H126NO8P/c1-6-8-10-12-14-16-18-20-22-24-26-27-28-29-30-31-32-33-34-35-36-37-38-39-40-41-42-43-45-46-48-50-52-54-56-58-60-62-69(72)76-66-68(67-78-80(74,75)77-65-64-71(3,4)5)79-70(73)63-61-59-57-55-53-51-49-47-44-25-23-21-19-17-15-13-11-9-7-2/h9,11,15,17,21,23-24,26,44,47,51,53,57,59,68H,6-8,10,12-14,16,18-20,22,25,27-43,45-46,48-50,52,54-56,58,60-67H2,1-5H3/b11-9-,17-15-,23-21-,26-24-,47-44-,53-51-,59-57-. The molecule has 2 unspecified atom stereocenters. The van der Waals surface area contributed by atoms with Gasteiger partial charge in [0.05, 0.1) is 27.7 Å². The number of quaternary nitrogens is 1. The molecule has 0 heterocycles. The zero-order chi connectivity index (χ0) is 58.4. The average molecular weight is 1140 g/mol. The molecule has 0 aliphatic carbocycles. The molecular formula is C70H126NO8P. The van der Waals surface area contributed by atoms with E-state index in [-0.39, 0.29) is 26.1 Å². The van der Waals surface area contributed by atoms with E-state index in [2.05, 4.69) is 86.8 Å². The van der Waals surface area contributed by atoms with Crippen molar-refractivity contribution in [3.8, 4) is 0 Å². The van der Waals surface area contributed by atoms with Crippen LogP contribution in [0.25, 0.3) is 0 Å². The van der Waals surface area contributed by atoms with Gasteiger partial charge in [-0.3, -0.25) is 14.2 Å². The summed E-state index contributed by atoms with van der Waals surface area (Å²) in [4.78, 5) is 37.9. The van der Waals surface area contributed by atoms with Crippen LogP contribution in [-0.2, 0) is 32.7 Å². The van der Waals surface area contributed by atoms with E-state index in [4.69, 9.17) is 18.5 Å². The van der Waals surface area contributed by atoms with Gasteiger partial charge in [-0.1, -0.05) is 292 Å². The van der Waals surface area contributed by atoms with Crippen LogP contribution in [-0.4, -0.2) is 70.0 Å². The number of rotatable bonds is 61. The van der Waals surface area contributed by atoms with Crippen molar-refractivity contribution in [2.75, 3.05) is 47.5 Å². The van der Waals surface area contributed by atoms with Gasteiger partial charge in [0.25, 0.3) is 7.82 Å². The fourth-order valence-electron chi connectivity index (χ4n) is 9.33. The van der Waals surface area contributed by atoms with Crippen molar-refractivity contribution < 1.29 is 42.1 Å². The molecule has 0 bridgehead atoms. The highest BCUT2D eigenvalue weighted by atomic mass is 31.2. The fourth-order valence-corrected chi connectivity index (χ4v) is 10.1. The summed E-state index contributed by atoms with van der Waals surface area (Å²) in [5, 5.41) is 0. The Kier molecular flexibility index (Phi) is 58.6. The lowest BCUT2D eigenvalue weighted by molar-refractivity contribution is -0.870. The van der Waals surface area contributed by atoms with Crippen molar-refractivity contribution in [3.05, 3.63) is 85.1 Å². The molecule has 0 aromatic heterocycles. The Bertz CT molecular complexity index is 1630. The second-order valence-electron chi connectivity index (χ2n) is 23.5. The summed E-state index contributed by atoms with van der Waals surface area (Å²) in [5.74, 6) is -0.926. The SMILES string of the molecule is CC/C=C\C/C=C\C/C=C\C/C=C\C/C=C\C/C=C\CCC(=O)OC(COC(=O)CCCCCCCCCCCCCCCCCCCCCCCCCCC/C=C\CCCCCCCCCC)COP(=O)([O-])OCC[N+](C)(C)C. The number of esters is 2. The number of carbonyl (C=O) groups excluding carboxylic acids is 2. The molecule has 464 valence electrons. The molecule has 0 radical (unpaired) electrons. The van der Waals surface area contributed by atoms with Crippen molar-refractivity contribution in [2.24, 2.45) is 0 Å². The van der Waals surface area contributed by atoms with Crippen LogP contribution in [0.15, 0.2) is 85.1 Å². The van der Waals surface area contributed by atoms with Crippen molar-refractivity contribution in [1.29, 1.82) is 0 Å². The zero-order valence-electron chi connectivity index (χ0n) is 52.8. The minimum Gasteiger partial charge on any atom is -0.756 e. The van der Waals surface area contributed by atoms with E-state index in [0.29, 0.717) is 17.4 Å². The third kappa shape index (κ3) is 64.4. The lowest BCUT2D eigenvalue weighted by Gasteiger charge is -2.28. The summed E-state index contributed by atoms with van der Waals surface area (Å²) in [6, 6.07) is 0. The Morgan fingerprint density at radius 2 is 0.738 bits per heavy atom. The van der Waals surface area contributed by atoms with E-state index in [9.17, 15) is 19.0 Å². The van der Waals surface area contributed by atoms with Gasteiger partial charge in [-0.25, -0.2) is 0 Å². The van der Waals surface area contributed by atoms with Gasteiger partial charge >= 0.3 is 11.9 Å². The number of allylic oxidation sites excluding steroid dienone is 14. The number of ether oxygens (including phenoxy) is 2. The molecular weight excluding hydrogens is 1010 g/mol. The number of unbranched alkanes of at least 4 members (excludes halogenated alkanes) is 33. The second kappa shape index (κ2) is 60.8. The molecule has 0 spiro atoms. The van der Waals surface area contributed by atoms with Crippen molar-refractivity contribution in [1.82, 2.24) is 0 Å². The Balaban J connectivity index is 4.00. The van der Waals surface area contributed by atoms with E-state index < -0.39 is 32.5 Å². The van der Waals surface area contributed by atoms with Crippen LogP contribution in [0.2, 0.25) is 0 Å². The number of phosphoric acid groups is 1. The van der Waals surface area contributed by atoms with E-state index in [1.807, 2.05) is 33.3 Å². The highest BCUT2D eigenvalue weighted by molar-refractivity contribution is 7.45. The van der Waals surface area contributed by atoms with Gasteiger partial charge in [-0.15, -0.1) is 0 Å². The van der Waals surface area contributed by atoms with Crippen molar-refractivity contribution >= 4 is 19.8 Å². The van der Waals surface area contributed by atoms with Crippen molar-refractivity contribution in [3.63, 3.8) is 0 Å². The molecule has 0 fully saturated rings. The van der Waals surface area contributed by atoms with Gasteiger partial charge in [-0.2, -0.15) is 0 Å². The quantitative estimate of drug-likeness (QED) is 0.0195. The molecule has 0 aliphatic rings. The normalized spacial score (nSPS) is 13.7. The fraction of sp³-hybridized carbons (Fsp3) is 0.771. The van der Waals surface area contributed by atoms with Gasteiger partial charge in [0, 0.05) is 12.8 Å². The number of hydrogen-bond donors (Lipinski definition) is 0. The highest BCUT2D eigenvalue weighted by Crippen LogP contribution is 2.38. The highest BCUT2D eigenvalue weighted by Gasteiger charge is 2.21. The van der Waals surface area contributed by atoms with Crippen LogP contribution in [0.5, 0.6) is 0 Å².